The lowest BCUT2D eigenvalue weighted by Crippen LogP contribution is -2.52. The van der Waals surface area contributed by atoms with Gasteiger partial charge < -0.3 is 25.6 Å². The van der Waals surface area contributed by atoms with Crippen LogP contribution in [0.1, 0.15) is 68.8 Å². The van der Waals surface area contributed by atoms with Gasteiger partial charge in [-0.15, -0.1) is 0 Å². The first kappa shape index (κ1) is 25.5. The number of aryl methyl sites for hydroxylation is 1. The van der Waals surface area contributed by atoms with Crippen molar-refractivity contribution in [3.05, 3.63) is 53.6 Å². The molecule has 1 heterocycles. The summed E-state index contributed by atoms with van der Waals surface area (Å²) in [5, 5.41) is 8.60. The van der Waals surface area contributed by atoms with Gasteiger partial charge in [0, 0.05) is 18.3 Å². The van der Waals surface area contributed by atoms with Crippen LogP contribution in [0.2, 0.25) is 0 Å². The maximum absolute atomic E-state index is 13.1. The van der Waals surface area contributed by atoms with Gasteiger partial charge in [-0.3, -0.25) is 4.79 Å². The predicted octanol–water partition coefficient (Wildman–Crippen LogP) is 5.23. The number of carbonyl (C=O) groups is 3. The minimum Gasteiger partial charge on any atom is -0.456 e. The van der Waals surface area contributed by atoms with E-state index < -0.39 is 23.6 Å². The Kier molecular flexibility index (Phi) is 7.52. The van der Waals surface area contributed by atoms with Gasteiger partial charge in [0.15, 0.2) is 0 Å². The lowest BCUT2D eigenvalue weighted by Gasteiger charge is -2.37. The van der Waals surface area contributed by atoms with Gasteiger partial charge >= 0.3 is 12.0 Å². The summed E-state index contributed by atoms with van der Waals surface area (Å²) in [4.78, 5) is 40.9. The zero-order chi connectivity index (χ0) is 25.9. The third-order valence-electron chi connectivity index (χ3n) is 6.60. The van der Waals surface area contributed by atoms with Crippen molar-refractivity contribution in [2.75, 3.05) is 22.1 Å². The van der Waals surface area contributed by atoms with Crippen LogP contribution in [0.25, 0.3) is 0 Å². The molecular weight excluding hydrogens is 456 g/mol. The summed E-state index contributed by atoms with van der Waals surface area (Å²) >= 11 is 0. The van der Waals surface area contributed by atoms with Gasteiger partial charge in [-0.2, -0.15) is 0 Å². The summed E-state index contributed by atoms with van der Waals surface area (Å²) in [6.07, 6.45) is 5.69. The number of carbonyl (C=O) groups excluding carboxylic acids is 3. The number of esters is 1. The Labute approximate surface area is 212 Å². The zero-order valence-electron chi connectivity index (χ0n) is 21.5. The molecule has 1 aliphatic heterocycles. The van der Waals surface area contributed by atoms with E-state index in [9.17, 15) is 14.4 Å². The van der Waals surface area contributed by atoms with Crippen molar-refractivity contribution in [1.29, 1.82) is 0 Å². The molecule has 1 fully saturated rings. The fraction of sp³-hybridized carbons (Fsp3) is 0.464. The van der Waals surface area contributed by atoms with Crippen molar-refractivity contribution in [3.63, 3.8) is 0 Å². The molecule has 1 aliphatic carbocycles. The van der Waals surface area contributed by atoms with E-state index >= 15 is 0 Å². The molecule has 1 unspecified atom stereocenters. The molecule has 8 nitrogen and oxygen atoms in total. The van der Waals surface area contributed by atoms with Gasteiger partial charge in [0.1, 0.15) is 11.6 Å². The van der Waals surface area contributed by atoms with E-state index in [1.165, 1.54) is 6.42 Å². The van der Waals surface area contributed by atoms with Crippen LogP contribution in [-0.2, 0) is 9.53 Å². The van der Waals surface area contributed by atoms with Crippen molar-refractivity contribution in [2.45, 2.75) is 77.5 Å². The fourth-order valence-corrected chi connectivity index (χ4v) is 4.86. The predicted molar refractivity (Wildman–Crippen MR) is 142 cm³/mol. The SMILES string of the molecule is Cc1ccc(NC(=O)NC2CN(C3CCCCC3)c3ccccc3NC2=O)cc1C(=O)OC(C)(C)C. The standard InChI is InChI=1S/C28H36N4O4/c1-18-14-15-19(16-21(18)26(34)36-28(2,3)4)29-27(35)31-23-17-32(20-10-6-5-7-11-20)24-13-9-8-12-22(24)30-25(23)33/h8-9,12-16,20,23H,5-7,10-11,17H2,1-4H3,(H,30,33)(H2,29,31,35). The molecule has 0 spiro atoms. The first-order valence-electron chi connectivity index (χ1n) is 12.7. The van der Waals surface area contributed by atoms with Crippen molar-refractivity contribution >= 4 is 35.0 Å². The average Bonchev–Trinajstić information content (AvgIpc) is 2.96. The normalized spacial score (nSPS) is 18.5. The minimum atomic E-state index is -0.741. The number of fused-ring (bicyclic) bond motifs is 1. The molecule has 2 aromatic rings. The van der Waals surface area contributed by atoms with E-state index in [4.69, 9.17) is 4.74 Å². The highest BCUT2D eigenvalue weighted by Gasteiger charge is 2.33. The van der Waals surface area contributed by atoms with Crippen LogP contribution >= 0.6 is 0 Å². The fourth-order valence-electron chi connectivity index (χ4n) is 4.86. The number of amides is 3. The largest absolute Gasteiger partial charge is 0.456 e. The van der Waals surface area contributed by atoms with Crippen molar-refractivity contribution in [3.8, 4) is 0 Å². The Balaban J connectivity index is 1.49. The summed E-state index contributed by atoms with van der Waals surface area (Å²) in [5.41, 5.74) is 2.70. The molecule has 36 heavy (non-hydrogen) atoms. The van der Waals surface area contributed by atoms with E-state index in [0.717, 1.165) is 42.6 Å². The highest BCUT2D eigenvalue weighted by molar-refractivity contribution is 6.03. The van der Waals surface area contributed by atoms with Crippen molar-refractivity contribution in [2.24, 2.45) is 0 Å². The molecule has 2 aromatic carbocycles. The highest BCUT2D eigenvalue weighted by Crippen LogP contribution is 2.34. The van der Waals surface area contributed by atoms with Gasteiger partial charge in [-0.25, -0.2) is 9.59 Å². The smallest absolute Gasteiger partial charge is 0.338 e. The maximum Gasteiger partial charge on any atom is 0.338 e. The van der Waals surface area contributed by atoms with Crippen molar-refractivity contribution in [1.82, 2.24) is 5.32 Å². The van der Waals surface area contributed by atoms with E-state index in [2.05, 4.69) is 20.9 Å². The third kappa shape index (κ3) is 6.17. The lowest BCUT2D eigenvalue weighted by atomic mass is 9.93. The van der Waals surface area contributed by atoms with Crippen LogP contribution in [0, 0.1) is 6.92 Å². The topological polar surface area (TPSA) is 99.8 Å². The van der Waals surface area contributed by atoms with E-state index in [-0.39, 0.29) is 5.91 Å². The van der Waals surface area contributed by atoms with E-state index in [0.29, 0.717) is 23.8 Å². The summed E-state index contributed by atoms with van der Waals surface area (Å²) in [7, 11) is 0. The molecule has 4 rings (SSSR count). The zero-order valence-corrected chi connectivity index (χ0v) is 21.5. The third-order valence-corrected chi connectivity index (χ3v) is 6.60. The minimum absolute atomic E-state index is 0.255. The second kappa shape index (κ2) is 10.6. The quantitative estimate of drug-likeness (QED) is 0.508. The molecule has 192 valence electrons. The number of para-hydroxylation sites is 2. The molecule has 1 atom stereocenters. The average molecular weight is 493 g/mol. The number of anilines is 3. The number of hydrogen-bond donors (Lipinski definition) is 3. The van der Waals surface area contributed by atoms with E-state index in [1.54, 1.807) is 18.2 Å². The van der Waals surface area contributed by atoms with Crippen LogP contribution in [0.15, 0.2) is 42.5 Å². The number of nitrogens with one attached hydrogen (secondary N) is 3. The van der Waals surface area contributed by atoms with E-state index in [1.807, 2.05) is 52.0 Å². The molecule has 1 saturated carbocycles. The summed E-state index contributed by atoms with van der Waals surface area (Å²) in [6.45, 7) is 7.63. The van der Waals surface area contributed by atoms with Crippen LogP contribution in [0.4, 0.5) is 21.9 Å². The molecule has 0 saturated heterocycles. The Morgan fingerprint density at radius 3 is 2.50 bits per heavy atom. The summed E-state index contributed by atoms with van der Waals surface area (Å²) in [6, 6.07) is 12.0. The van der Waals surface area contributed by atoms with Gasteiger partial charge in [0.2, 0.25) is 5.91 Å². The van der Waals surface area contributed by atoms with Crippen LogP contribution in [-0.4, -0.2) is 42.1 Å². The Hall–Kier alpha value is -3.55. The number of ether oxygens (including phenoxy) is 1. The molecule has 0 bridgehead atoms. The molecule has 2 aliphatic rings. The summed E-state index contributed by atoms with van der Waals surface area (Å²) < 4.78 is 5.49. The van der Waals surface area contributed by atoms with Gasteiger partial charge in [-0.05, 0) is 70.4 Å². The van der Waals surface area contributed by atoms with Gasteiger partial charge in [0.05, 0.1) is 16.9 Å². The Morgan fingerprint density at radius 2 is 1.78 bits per heavy atom. The highest BCUT2D eigenvalue weighted by atomic mass is 16.6. The molecule has 3 amide bonds. The monoisotopic (exact) mass is 492 g/mol. The number of hydrogen-bond acceptors (Lipinski definition) is 5. The first-order chi connectivity index (χ1) is 17.1. The second-order valence-corrected chi connectivity index (χ2v) is 10.6. The van der Waals surface area contributed by atoms with Gasteiger partial charge in [-0.1, -0.05) is 37.5 Å². The number of benzene rings is 2. The number of urea groups is 1. The Morgan fingerprint density at radius 1 is 1.06 bits per heavy atom. The molecule has 0 radical (unpaired) electrons. The molecule has 3 N–H and O–H groups in total. The second-order valence-electron chi connectivity index (χ2n) is 10.6. The first-order valence-corrected chi connectivity index (χ1v) is 12.7. The van der Waals surface area contributed by atoms with Crippen LogP contribution in [0.3, 0.4) is 0 Å². The van der Waals surface area contributed by atoms with Crippen LogP contribution < -0.4 is 20.9 Å². The number of rotatable bonds is 4. The summed E-state index contributed by atoms with van der Waals surface area (Å²) in [5.74, 6) is -0.706. The van der Waals surface area contributed by atoms with Crippen molar-refractivity contribution < 1.29 is 19.1 Å². The molecule has 0 aromatic heterocycles. The number of nitrogens with zero attached hydrogens (tertiary/aromatic N) is 1. The van der Waals surface area contributed by atoms with Gasteiger partial charge in [0.25, 0.3) is 0 Å². The molecule has 8 heteroatoms. The lowest BCUT2D eigenvalue weighted by molar-refractivity contribution is -0.117. The maximum atomic E-state index is 13.1. The molecular formula is C28H36N4O4. The van der Waals surface area contributed by atoms with Crippen LogP contribution in [0.5, 0.6) is 0 Å². The Bertz CT molecular complexity index is 1130.